The summed E-state index contributed by atoms with van der Waals surface area (Å²) in [5.41, 5.74) is 6.07. The Bertz CT molecular complexity index is 451. The van der Waals surface area contributed by atoms with E-state index in [2.05, 4.69) is 19.2 Å². The van der Waals surface area contributed by atoms with E-state index in [1.54, 1.807) is 0 Å². The van der Waals surface area contributed by atoms with Gasteiger partial charge >= 0.3 is 0 Å². The number of nitrogens with one attached hydrogen (secondary N) is 1. The largest absolute Gasteiger partial charge is 0.482 e. The summed E-state index contributed by atoms with van der Waals surface area (Å²) in [4.78, 5) is 11.5. The molecule has 0 fully saturated rings. The highest BCUT2D eigenvalue weighted by atomic mass is 35.5. The van der Waals surface area contributed by atoms with Crippen LogP contribution in [0, 0.1) is 5.92 Å². The van der Waals surface area contributed by atoms with Crippen LogP contribution in [0.5, 0.6) is 5.75 Å². The van der Waals surface area contributed by atoms with E-state index >= 15 is 0 Å². The number of anilines is 1. The number of hydrogen-bond acceptors (Lipinski definition) is 3. The molecule has 19 heavy (non-hydrogen) atoms. The van der Waals surface area contributed by atoms with Crippen molar-refractivity contribution >= 4 is 34.8 Å². The van der Waals surface area contributed by atoms with E-state index in [-0.39, 0.29) is 12.5 Å². The molecule has 1 aromatic carbocycles. The molecule has 0 spiro atoms. The van der Waals surface area contributed by atoms with Gasteiger partial charge in [0.2, 0.25) is 0 Å². The molecule has 1 aromatic rings. The fraction of sp³-hybridized carbons (Fsp3) is 0.462. The minimum absolute atomic E-state index is 0.0970. The van der Waals surface area contributed by atoms with Crippen LogP contribution in [0.2, 0.25) is 10.0 Å². The van der Waals surface area contributed by atoms with Gasteiger partial charge in [0.05, 0.1) is 15.7 Å². The van der Waals surface area contributed by atoms with E-state index < -0.39 is 0 Å². The molecule has 3 N–H and O–H groups in total. The summed E-state index contributed by atoms with van der Waals surface area (Å²) < 4.78 is 5.31. The third kappa shape index (κ3) is 5.57. The fourth-order valence-electron chi connectivity index (χ4n) is 1.36. The number of carbonyl (C=O) groups is 1. The minimum Gasteiger partial charge on any atom is -0.482 e. The van der Waals surface area contributed by atoms with Gasteiger partial charge in [-0.05, 0) is 18.4 Å². The number of halogens is 2. The zero-order valence-electron chi connectivity index (χ0n) is 11.0. The predicted molar refractivity (Wildman–Crippen MR) is 78.8 cm³/mol. The van der Waals surface area contributed by atoms with Crippen molar-refractivity contribution in [3.63, 3.8) is 0 Å². The smallest absolute Gasteiger partial charge is 0.257 e. The Hall–Kier alpha value is -1.13. The van der Waals surface area contributed by atoms with Crippen molar-refractivity contribution in [3.05, 3.63) is 22.2 Å². The zero-order chi connectivity index (χ0) is 14.4. The van der Waals surface area contributed by atoms with Crippen molar-refractivity contribution in [1.82, 2.24) is 5.32 Å². The molecule has 1 rings (SSSR count). The standard InChI is InChI=1S/C13H18Cl2N2O2/c1-8(2)3-4-17-13(18)7-19-12-6-10(15)9(14)5-11(12)16/h5-6,8H,3-4,7,16H2,1-2H3,(H,17,18). The fourth-order valence-corrected chi connectivity index (χ4v) is 1.69. The highest BCUT2D eigenvalue weighted by Gasteiger charge is 2.08. The van der Waals surface area contributed by atoms with Crippen molar-refractivity contribution in [2.75, 3.05) is 18.9 Å². The van der Waals surface area contributed by atoms with Gasteiger partial charge in [-0.15, -0.1) is 0 Å². The van der Waals surface area contributed by atoms with E-state index in [0.29, 0.717) is 33.9 Å². The second-order valence-corrected chi connectivity index (χ2v) is 5.44. The number of amides is 1. The summed E-state index contributed by atoms with van der Waals surface area (Å²) in [5, 5.41) is 3.46. The van der Waals surface area contributed by atoms with Crippen LogP contribution in [0.3, 0.4) is 0 Å². The lowest BCUT2D eigenvalue weighted by atomic mass is 10.1. The lowest BCUT2D eigenvalue weighted by molar-refractivity contribution is -0.123. The quantitative estimate of drug-likeness (QED) is 0.794. The second kappa shape index (κ2) is 7.46. The Morgan fingerprint density at radius 3 is 2.63 bits per heavy atom. The maximum Gasteiger partial charge on any atom is 0.257 e. The van der Waals surface area contributed by atoms with E-state index in [4.69, 9.17) is 33.7 Å². The number of carbonyl (C=O) groups excluding carboxylic acids is 1. The van der Waals surface area contributed by atoms with Gasteiger partial charge in [0.25, 0.3) is 5.91 Å². The summed E-state index contributed by atoms with van der Waals surface area (Å²) in [6.07, 6.45) is 0.931. The Balaban J connectivity index is 2.44. The number of rotatable bonds is 6. The molecule has 106 valence electrons. The number of hydrogen-bond donors (Lipinski definition) is 2. The molecule has 1 amide bonds. The monoisotopic (exact) mass is 304 g/mol. The normalized spacial score (nSPS) is 10.6. The Kier molecular flexibility index (Phi) is 6.25. The van der Waals surface area contributed by atoms with E-state index in [1.807, 2.05) is 0 Å². The van der Waals surface area contributed by atoms with Gasteiger partial charge < -0.3 is 15.8 Å². The molecule has 0 heterocycles. The molecule has 0 bridgehead atoms. The van der Waals surface area contributed by atoms with Crippen LogP contribution in [0.1, 0.15) is 20.3 Å². The summed E-state index contributed by atoms with van der Waals surface area (Å²) in [6.45, 7) is 4.73. The second-order valence-electron chi connectivity index (χ2n) is 4.63. The predicted octanol–water partition coefficient (Wildman–Crippen LogP) is 3.12. The van der Waals surface area contributed by atoms with Gasteiger partial charge in [-0.25, -0.2) is 0 Å². The molecule has 0 radical (unpaired) electrons. The van der Waals surface area contributed by atoms with Crippen LogP contribution >= 0.6 is 23.2 Å². The number of benzene rings is 1. The molecule has 0 aliphatic rings. The molecule has 0 aromatic heterocycles. The first kappa shape index (κ1) is 15.9. The Morgan fingerprint density at radius 2 is 2.00 bits per heavy atom. The topological polar surface area (TPSA) is 64.3 Å². The Morgan fingerprint density at radius 1 is 1.37 bits per heavy atom. The van der Waals surface area contributed by atoms with Crippen LogP contribution in [0.4, 0.5) is 5.69 Å². The van der Waals surface area contributed by atoms with E-state index in [1.165, 1.54) is 12.1 Å². The van der Waals surface area contributed by atoms with Crippen molar-refractivity contribution in [2.24, 2.45) is 5.92 Å². The van der Waals surface area contributed by atoms with Gasteiger partial charge in [-0.2, -0.15) is 0 Å². The highest BCUT2D eigenvalue weighted by molar-refractivity contribution is 6.42. The molecule has 0 atom stereocenters. The maximum absolute atomic E-state index is 11.5. The first-order valence-corrected chi connectivity index (χ1v) is 6.79. The molecule has 6 heteroatoms. The SMILES string of the molecule is CC(C)CCNC(=O)COc1cc(Cl)c(Cl)cc1N. The summed E-state index contributed by atoms with van der Waals surface area (Å²) >= 11 is 11.7. The molecular formula is C13H18Cl2N2O2. The lowest BCUT2D eigenvalue weighted by Gasteiger charge is -2.11. The molecule has 0 aliphatic heterocycles. The van der Waals surface area contributed by atoms with Gasteiger partial charge in [-0.3, -0.25) is 4.79 Å². The minimum atomic E-state index is -0.189. The average molecular weight is 305 g/mol. The maximum atomic E-state index is 11.5. The molecule has 0 saturated heterocycles. The van der Waals surface area contributed by atoms with Gasteiger partial charge in [0.1, 0.15) is 5.75 Å². The van der Waals surface area contributed by atoms with Gasteiger partial charge in [-0.1, -0.05) is 37.0 Å². The molecule has 0 aliphatic carbocycles. The van der Waals surface area contributed by atoms with Crippen LogP contribution < -0.4 is 15.8 Å². The number of ether oxygens (including phenoxy) is 1. The molecule has 4 nitrogen and oxygen atoms in total. The van der Waals surface area contributed by atoms with Crippen LogP contribution in [0.15, 0.2) is 12.1 Å². The van der Waals surface area contributed by atoms with Gasteiger partial charge in [0.15, 0.2) is 6.61 Å². The first-order chi connectivity index (χ1) is 8.90. The van der Waals surface area contributed by atoms with Crippen molar-refractivity contribution in [3.8, 4) is 5.75 Å². The third-order valence-corrected chi connectivity index (χ3v) is 3.18. The summed E-state index contributed by atoms with van der Waals surface area (Å²) in [6, 6.07) is 3.00. The molecular weight excluding hydrogens is 287 g/mol. The average Bonchev–Trinajstić information content (AvgIpc) is 2.31. The number of nitrogens with two attached hydrogens (primary N) is 1. The van der Waals surface area contributed by atoms with Crippen molar-refractivity contribution in [2.45, 2.75) is 20.3 Å². The third-order valence-electron chi connectivity index (χ3n) is 2.46. The van der Waals surface area contributed by atoms with Crippen LogP contribution in [0.25, 0.3) is 0 Å². The number of nitrogen functional groups attached to an aromatic ring is 1. The van der Waals surface area contributed by atoms with E-state index in [0.717, 1.165) is 6.42 Å². The molecule has 0 saturated carbocycles. The zero-order valence-corrected chi connectivity index (χ0v) is 12.5. The van der Waals surface area contributed by atoms with Crippen molar-refractivity contribution in [1.29, 1.82) is 0 Å². The van der Waals surface area contributed by atoms with Gasteiger partial charge in [0, 0.05) is 12.6 Å². The summed E-state index contributed by atoms with van der Waals surface area (Å²) in [5.74, 6) is 0.714. The highest BCUT2D eigenvalue weighted by Crippen LogP contribution is 2.32. The van der Waals surface area contributed by atoms with Crippen LogP contribution in [-0.2, 0) is 4.79 Å². The van der Waals surface area contributed by atoms with Crippen LogP contribution in [-0.4, -0.2) is 19.1 Å². The molecule has 0 unspecified atom stereocenters. The summed E-state index contributed by atoms with van der Waals surface area (Å²) in [7, 11) is 0. The van der Waals surface area contributed by atoms with E-state index in [9.17, 15) is 4.79 Å². The first-order valence-electron chi connectivity index (χ1n) is 6.04. The Labute approximate surface area is 123 Å². The van der Waals surface area contributed by atoms with Crippen molar-refractivity contribution < 1.29 is 9.53 Å². The lowest BCUT2D eigenvalue weighted by Crippen LogP contribution is -2.30.